The minimum absolute atomic E-state index is 0.267. The summed E-state index contributed by atoms with van der Waals surface area (Å²) in [6.07, 6.45) is 37.1. The number of rotatable bonds is 49. The zero-order valence-corrected chi connectivity index (χ0v) is 43.7. The van der Waals surface area contributed by atoms with Crippen molar-refractivity contribution in [2.24, 2.45) is 0 Å². The van der Waals surface area contributed by atoms with Gasteiger partial charge in [-0.25, -0.2) is 4.18 Å². The van der Waals surface area contributed by atoms with Crippen molar-refractivity contribution in [2.75, 3.05) is 13.2 Å². The maximum absolute atomic E-state index is 13.2. The van der Waals surface area contributed by atoms with E-state index in [4.69, 9.17) is 9.47 Å². The number of hydrogen-bond acceptors (Lipinski definition) is 11. The molecule has 1 rings (SSSR count). The minimum atomic E-state index is -5.11. The molecule has 0 bridgehead atoms. The normalized spacial score (nSPS) is 20.3. The summed E-state index contributed by atoms with van der Waals surface area (Å²) in [4.78, 5) is 13.2. The quantitative estimate of drug-likeness (QED) is 0.0224. The van der Waals surface area contributed by atoms with Crippen LogP contribution in [0.25, 0.3) is 0 Å². The third-order valence-electron chi connectivity index (χ3n) is 13.8. The molecule has 1 aliphatic heterocycles. The van der Waals surface area contributed by atoms with Crippen molar-refractivity contribution in [2.45, 2.75) is 320 Å². The van der Waals surface area contributed by atoms with Crippen LogP contribution in [-0.4, -0.2) is 107 Å². The highest BCUT2D eigenvalue weighted by atomic mass is 32.3. The number of amides is 1. The second-order valence-corrected chi connectivity index (χ2v) is 21.1. The Morgan fingerprint density at radius 1 is 0.537 bits per heavy atom. The molecule has 0 aromatic heterocycles. The molecule has 0 saturated carbocycles. The fourth-order valence-corrected chi connectivity index (χ4v) is 9.86. The maximum atomic E-state index is 13.2. The number of carbonyl (C=O) groups excluding carboxylic acids is 1. The largest absolute Gasteiger partial charge is 0.397 e. The number of unbranched alkanes of at least 4 members (excludes halogenated alkanes) is 36. The molecule has 1 heterocycles. The lowest BCUT2D eigenvalue weighted by Gasteiger charge is -2.41. The number of aliphatic hydroxyl groups excluding tert-OH is 5. The molecule has 13 nitrogen and oxygen atoms in total. The third-order valence-corrected chi connectivity index (χ3v) is 14.2. The van der Waals surface area contributed by atoms with Crippen molar-refractivity contribution in [3.63, 3.8) is 0 Å². The van der Waals surface area contributed by atoms with Crippen LogP contribution in [0.5, 0.6) is 0 Å². The van der Waals surface area contributed by atoms with E-state index in [9.17, 15) is 43.3 Å². The van der Waals surface area contributed by atoms with E-state index in [1.807, 2.05) is 0 Å². The van der Waals surface area contributed by atoms with E-state index in [0.717, 1.165) is 38.5 Å². The van der Waals surface area contributed by atoms with Crippen LogP contribution in [0, 0.1) is 0 Å². The molecule has 67 heavy (non-hydrogen) atoms. The van der Waals surface area contributed by atoms with Crippen LogP contribution in [0.3, 0.4) is 0 Å². The first-order valence-electron chi connectivity index (χ1n) is 28.0. The monoisotopic (exact) mass is 980 g/mol. The van der Waals surface area contributed by atoms with E-state index in [1.54, 1.807) is 0 Å². The van der Waals surface area contributed by atoms with Crippen molar-refractivity contribution in [3.8, 4) is 0 Å². The van der Waals surface area contributed by atoms with Gasteiger partial charge in [0.1, 0.15) is 30.5 Å². The predicted octanol–water partition coefficient (Wildman–Crippen LogP) is 11.5. The molecule has 0 aliphatic carbocycles. The molecule has 1 saturated heterocycles. The Morgan fingerprint density at radius 2 is 0.866 bits per heavy atom. The Morgan fingerprint density at radius 3 is 1.19 bits per heavy atom. The van der Waals surface area contributed by atoms with Gasteiger partial charge >= 0.3 is 10.4 Å². The van der Waals surface area contributed by atoms with Gasteiger partial charge in [0.05, 0.1) is 25.4 Å². The summed E-state index contributed by atoms with van der Waals surface area (Å²) in [5.74, 6) is -0.662. The Balaban J connectivity index is 2.42. The zero-order chi connectivity index (χ0) is 49.2. The second kappa shape index (κ2) is 43.8. The molecule has 8 atom stereocenters. The summed E-state index contributed by atoms with van der Waals surface area (Å²) in [6, 6.07) is -1.03. The Labute approximate surface area is 410 Å². The number of nitrogens with one attached hydrogen (secondary N) is 1. The summed E-state index contributed by atoms with van der Waals surface area (Å²) < 4.78 is 47.8. The van der Waals surface area contributed by atoms with E-state index in [1.165, 1.54) is 193 Å². The van der Waals surface area contributed by atoms with Gasteiger partial charge in [-0.1, -0.05) is 258 Å². The predicted molar refractivity (Wildman–Crippen MR) is 270 cm³/mol. The summed E-state index contributed by atoms with van der Waals surface area (Å²) in [7, 11) is -5.11. The Bertz CT molecular complexity index is 1210. The molecular weight excluding hydrogens is 875 g/mol. The second-order valence-electron chi connectivity index (χ2n) is 20.0. The lowest BCUT2D eigenvalue weighted by Crippen LogP contribution is -2.61. The van der Waals surface area contributed by atoms with E-state index in [2.05, 4.69) is 23.3 Å². The van der Waals surface area contributed by atoms with Gasteiger partial charge in [0.15, 0.2) is 6.29 Å². The highest BCUT2D eigenvalue weighted by molar-refractivity contribution is 7.80. The lowest BCUT2D eigenvalue weighted by molar-refractivity contribution is -0.298. The fraction of sp³-hybridized carbons (Fsp3) is 0.981. The van der Waals surface area contributed by atoms with Crippen LogP contribution in [0.2, 0.25) is 0 Å². The first-order chi connectivity index (χ1) is 32.4. The molecule has 1 fully saturated rings. The first kappa shape index (κ1) is 64.1. The third kappa shape index (κ3) is 35.8. The fourth-order valence-electron chi connectivity index (χ4n) is 9.35. The van der Waals surface area contributed by atoms with Gasteiger partial charge in [0.2, 0.25) is 5.91 Å². The first-order valence-corrected chi connectivity index (χ1v) is 29.4. The molecule has 400 valence electrons. The molecule has 1 amide bonds. The molecule has 7 N–H and O–H groups in total. The van der Waals surface area contributed by atoms with Crippen molar-refractivity contribution in [1.29, 1.82) is 0 Å². The standard InChI is InChI=1S/C53H105NO12S/c1-3-5-7-9-11-13-15-17-19-21-23-24-26-28-30-32-34-36-38-40-42-47(57)52(60)54-45(44-64-53-50(59)51(66-67(61,62)63)49(58)48(43-55)65-53)46(56)41-39-37-35-33-31-29-27-25-22-20-18-16-14-12-10-8-6-4-2/h45-51,53,55-59H,3-44H2,1-2H3,(H,54,60)(H,61,62,63). The van der Waals surface area contributed by atoms with Crippen LogP contribution in [0.1, 0.15) is 271 Å². The SMILES string of the molecule is CCCCCCCCCCCCCCCCCCCCCCC(O)C(=O)NC(COC1OC(CO)C(O)C(OS(=O)(=O)O)C1O)C(O)CCCCCCCCCCCCCCCCCCCC. The van der Waals surface area contributed by atoms with E-state index < -0.39 is 78.5 Å². The Kier molecular flexibility index (Phi) is 41.9. The van der Waals surface area contributed by atoms with Gasteiger partial charge in [-0.15, -0.1) is 0 Å². The van der Waals surface area contributed by atoms with Crippen LogP contribution in [0.4, 0.5) is 0 Å². The van der Waals surface area contributed by atoms with Crippen LogP contribution in [-0.2, 0) is 28.9 Å². The van der Waals surface area contributed by atoms with Crippen molar-refractivity contribution in [3.05, 3.63) is 0 Å². The molecule has 0 radical (unpaired) electrons. The molecule has 8 unspecified atom stereocenters. The molecule has 0 aromatic carbocycles. The van der Waals surface area contributed by atoms with Gasteiger partial charge in [-0.3, -0.25) is 9.35 Å². The number of ether oxygens (including phenoxy) is 2. The minimum Gasteiger partial charge on any atom is -0.394 e. The number of carbonyl (C=O) groups is 1. The molecule has 14 heteroatoms. The van der Waals surface area contributed by atoms with Gasteiger partial charge in [0.25, 0.3) is 0 Å². The van der Waals surface area contributed by atoms with Crippen molar-refractivity contribution < 1.29 is 57.0 Å². The zero-order valence-electron chi connectivity index (χ0n) is 42.9. The average molecular weight is 980 g/mol. The van der Waals surface area contributed by atoms with Crippen molar-refractivity contribution in [1.82, 2.24) is 5.32 Å². The van der Waals surface area contributed by atoms with E-state index >= 15 is 0 Å². The molecular formula is C53H105NO12S. The lowest BCUT2D eigenvalue weighted by atomic mass is 9.99. The average Bonchev–Trinajstić information content (AvgIpc) is 3.30. The summed E-state index contributed by atoms with van der Waals surface area (Å²) >= 11 is 0. The van der Waals surface area contributed by atoms with Crippen LogP contribution >= 0.6 is 0 Å². The number of aliphatic hydroxyl groups is 5. The summed E-state index contributed by atoms with van der Waals surface area (Å²) in [5, 5.41) is 55.7. The summed E-state index contributed by atoms with van der Waals surface area (Å²) in [5.41, 5.74) is 0. The molecule has 1 aliphatic rings. The van der Waals surface area contributed by atoms with Crippen LogP contribution < -0.4 is 5.32 Å². The topological polar surface area (TPSA) is 212 Å². The Hall–Kier alpha value is -0.940. The van der Waals surface area contributed by atoms with Gasteiger partial charge in [0, 0.05) is 0 Å². The number of hydrogen-bond donors (Lipinski definition) is 7. The van der Waals surface area contributed by atoms with E-state index in [0.29, 0.717) is 19.3 Å². The summed E-state index contributed by atoms with van der Waals surface area (Å²) in [6.45, 7) is 3.33. The highest BCUT2D eigenvalue weighted by Crippen LogP contribution is 2.26. The maximum Gasteiger partial charge on any atom is 0.397 e. The molecule has 0 spiro atoms. The molecule has 0 aromatic rings. The van der Waals surface area contributed by atoms with E-state index in [-0.39, 0.29) is 6.42 Å². The van der Waals surface area contributed by atoms with Crippen LogP contribution in [0.15, 0.2) is 0 Å². The highest BCUT2D eigenvalue weighted by Gasteiger charge is 2.48. The van der Waals surface area contributed by atoms with Gasteiger partial charge in [-0.2, -0.15) is 8.42 Å². The van der Waals surface area contributed by atoms with Gasteiger partial charge in [-0.05, 0) is 12.8 Å². The van der Waals surface area contributed by atoms with Crippen molar-refractivity contribution >= 4 is 16.3 Å². The van der Waals surface area contributed by atoms with Gasteiger partial charge < -0.3 is 40.3 Å². The smallest absolute Gasteiger partial charge is 0.394 e.